The summed E-state index contributed by atoms with van der Waals surface area (Å²) < 4.78 is 0. The SMILES string of the molecule is CC(C=O)NC1CC#CC(Cl)=CC1. The average Bonchev–Trinajstić information content (AvgIpc) is 2.31. The van der Waals surface area contributed by atoms with Crippen molar-refractivity contribution in [1.29, 1.82) is 0 Å². The van der Waals surface area contributed by atoms with E-state index in [4.69, 9.17) is 11.6 Å². The van der Waals surface area contributed by atoms with Crippen molar-refractivity contribution in [2.75, 3.05) is 0 Å². The van der Waals surface area contributed by atoms with Crippen molar-refractivity contribution in [2.45, 2.75) is 31.8 Å². The second-order valence-electron chi connectivity index (χ2n) is 3.08. The minimum atomic E-state index is -0.114. The lowest BCUT2D eigenvalue weighted by atomic mass is 10.1. The molecule has 2 atom stereocenters. The topological polar surface area (TPSA) is 29.1 Å². The molecule has 0 aromatic heterocycles. The lowest BCUT2D eigenvalue weighted by Gasteiger charge is -2.15. The van der Waals surface area contributed by atoms with Gasteiger partial charge in [-0.05, 0) is 13.3 Å². The van der Waals surface area contributed by atoms with Crippen LogP contribution in [0.25, 0.3) is 0 Å². The molecule has 1 rings (SSSR count). The number of halogens is 1. The highest BCUT2D eigenvalue weighted by Gasteiger charge is 2.10. The van der Waals surface area contributed by atoms with Gasteiger partial charge in [-0.15, -0.1) is 0 Å². The number of nitrogens with one attached hydrogen (secondary N) is 1. The fraction of sp³-hybridized carbons (Fsp3) is 0.500. The zero-order chi connectivity index (χ0) is 9.68. The molecule has 2 nitrogen and oxygen atoms in total. The Hall–Kier alpha value is -0.780. The van der Waals surface area contributed by atoms with E-state index >= 15 is 0 Å². The Morgan fingerprint density at radius 1 is 1.85 bits per heavy atom. The van der Waals surface area contributed by atoms with E-state index < -0.39 is 0 Å². The van der Waals surface area contributed by atoms with Crippen molar-refractivity contribution < 1.29 is 4.79 Å². The number of hydrogen-bond donors (Lipinski definition) is 1. The molecule has 70 valence electrons. The maximum atomic E-state index is 10.4. The highest BCUT2D eigenvalue weighted by atomic mass is 35.5. The van der Waals surface area contributed by atoms with Crippen LogP contribution in [0.1, 0.15) is 19.8 Å². The standard InChI is InChI=1S/C10H12ClNO/c1-8(7-13)12-10-4-2-3-9(11)5-6-10/h5,7-8,10,12H,4,6H2,1H3. The molecule has 0 saturated carbocycles. The Morgan fingerprint density at radius 3 is 3.31 bits per heavy atom. The molecular formula is C10H12ClNO. The molecule has 0 aliphatic heterocycles. The summed E-state index contributed by atoms with van der Waals surface area (Å²) in [5, 5.41) is 3.76. The summed E-state index contributed by atoms with van der Waals surface area (Å²) in [6, 6.07) is 0.126. The zero-order valence-corrected chi connectivity index (χ0v) is 8.27. The molecule has 2 unspecified atom stereocenters. The first-order chi connectivity index (χ1) is 6.22. The van der Waals surface area contributed by atoms with Crippen LogP contribution < -0.4 is 5.32 Å². The molecule has 1 N–H and O–H groups in total. The molecule has 0 radical (unpaired) electrons. The summed E-state index contributed by atoms with van der Waals surface area (Å²) in [6.45, 7) is 1.83. The molecule has 0 bridgehead atoms. The first-order valence-corrected chi connectivity index (χ1v) is 4.66. The fourth-order valence-electron chi connectivity index (χ4n) is 1.18. The van der Waals surface area contributed by atoms with Crippen molar-refractivity contribution in [2.24, 2.45) is 0 Å². The summed E-state index contributed by atoms with van der Waals surface area (Å²) in [6.07, 6.45) is 4.34. The van der Waals surface area contributed by atoms with Crippen LogP contribution in [0.5, 0.6) is 0 Å². The van der Waals surface area contributed by atoms with E-state index in [1.165, 1.54) is 0 Å². The van der Waals surface area contributed by atoms with Gasteiger partial charge in [-0.2, -0.15) is 0 Å². The summed E-state index contributed by atoms with van der Waals surface area (Å²) >= 11 is 5.75. The van der Waals surface area contributed by atoms with E-state index in [-0.39, 0.29) is 12.1 Å². The number of allylic oxidation sites excluding steroid dienone is 1. The zero-order valence-electron chi connectivity index (χ0n) is 7.51. The van der Waals surface area contributed by atoms with E-state index in [0.29, 0.717) is 5.03 Å². The Labute approximate surface area is 83.3 Å². The molecule has 0 spiro atoms. The summed E-state index contributed by atoms with van der Waals surface area (Å²) in [4.78, 5) is 10.4. The van der Waals surface area contributed by atoms with Gasteiger partial charge in [-0.1, -0.05) is 29.5 Å². The number of carbonyl (C=O) groups is 1. The molecule has 0 fully saturated rings. The molecule has 0 aromatic rings. The normalized spacial score (nSPS) is 23.5. The van der Waals surface area contributed by atoms with Gasteiger partial charge in [0, 0.05) is 12.5 Å². The summed E-state index contributed by atoms with van der Waals surface area (Å²) in [7, 11) is 0. The van der Waals surface area contributed by atoms with Crippen LogP contribution >= 0.6 is 11.6 Å². The monoisotopic (exact) mass is 197 g/mol. The summed E-state index contributed by atoms with van der Waals surface area (Å²) in [5.41, 5.74) is 0. The van der Waals surface area contributed by atoms with Crippen LogP contribution in [-0.2, 0) is 4.79 Å². The summed E-state index contributed by atoms with van der Waals surface area (Å²) in [5.74, 6) is 5.76. The third-order valence-electron chi connectivity index (χ3n) is 1.84. The van der Waals surface area contributed by atoms with E-state index in [0.717, 1.165) is 19.1 Å². The minimum absolute atomic E-state index is 0.114. The molecule has 1 aliphatic carbocycles. The van der Waals surface area contributed by atoms with Crippen molar-refractivity contribution in [3.05, 3.63) is 11.1 Å². The largest absolute Gasteiger partial charge is 0.304 e. The molecular weight excluding hydrogens is 186 g/mol. The van der Waals surface area contributed by atoms with Crippen LogP contribution in [0.2, 0.25) is 0 Å². The van der Waals surface area contributed by atoms with Crippen LogP contribution in [0.3, 0.4) is 0 Å². The molecule has 0 saturated heterocycles. The van der Waals surface area contributed by atoms with Crippen molar-refractivity contribution in [3.8, 4) is 11.8 Å². The second kappa shape index (κ2) is 5.06. The first kappa shape index (κ1) is 10.3. The lowest BCUT2D eigenvalue weighted by Crippen LogP contribution is -2.36. The lowest BCUT2D eigenvalue weighted by molar-refractivity contribution is -0.109. The van der Waals surface area contributed by atoms with Crippen LogP contribution in [-0.4, -0.2) is 18.4 Å². The highest BCUT2D eigenvalue weighted by Crippen LogP contribution is 2.09. The van der Waals surface area contributed by atoms with Gasteiger partial charge in [0.25, 0.3) is 0 Å². The van der Waals surface area contributed by atoms with Gasteiger partial charge in [-0.25, -0.2) is 0 Å². The molecule has 0 heterocycles. The van der Waals surface area contributed by atoms with E-state index in [1.54, 1.807) is 0 Å². The Morgan fingerprint density at radius 2 is 2.62 bits per heavy atom. The molecule has 0 amide bonds. The van der Waals surface area contributed by atoms with Gasteiger partial charge < -0.3 is 10.1 Å². The molecule has 1 aliphatic rings. The van der Waals surface area contributed by atoms with Gasteiger partial charge in [0.15, 0.2) is 0 Å². The predicted octanol–water partition coefficient (Wildman–Crippen LogP) is 1.45. The van der Waals surface area contributed by atoms with E-state index in [1.807, 2.05) is 13.0 Å². The third-order valence-corrected chi connectivity index (χ3v) is 2.09. The molecule has 3 heteroatoms. The van der Waals surface area contributed by atoms with Gasteiger partial charge in [0.2, 0.25) is 0 Å². The van der Waals surface area contributed by atoms with Crippen LogP contribution in [0.4, 0.5) is 0 Å². The maximum absolute atomic E-state index is 10.4. The van der Waals surface area contributed by atoms with Crippen molar-refractivity contribution >= 4 is 17.9 Å². The minimum Gasteiger partial charge on any atom is -0.304 e. The number of rotatable bonds is 3. The number of hydrogen-bond acceptors (Lipinski definition) is 2. The van der Waals surface area contributed by atoms with Crippen LogP contribution in [0, 0.1) is 11.8 Å². The van der Waals surface area contributed by atoms with Gasteiger partial charge in [0.1, 0.15) is 6.29 Å². The third kappa shape index (κ3) is 3.63. The first-order valence-electron chi connectivity index (χ1n) is 4.28. The van der Waals surface area contributed by atoms with Gasteiger partial charge in [-0.3, -0.25) is 0 Å². The highest BCUT2D eigenvalue weighted by molar-refractivity contribution is 6.32. The predicted molar refractivity (Wildman–Crippen MR) is 53.4 cm³/mol. The number of aldehydes is 1. The Kier molecular flexibility index (Phi) is 4.01. The van der Waals surface area contributed by atoms with Crippen LogP contribution in [0.15, 0.2) is 11.1 Å². The molecule has 13 heavy (non-hydrogen) atoms. The average molecular weight is 198 g/mol. The van der Waals surface area contributed by atoms with E-state index in [2.05, 4.69) is 17.2 Å². The van der Waals surface area contributed by atoms with Crippen molar-refractivity contribution in [1.82, 2.24) is 5.32 Å². The maximum Gasteiger partial charge on any atom is 0.136 e. The number of carbonyl (C=O) groups excluding carboxylic acids is 1. The van der Waals surface area contributed by atoms with Crippen molar-refractivity contribution in [3.63, 3.8) is 0 Å². The Balaban J connectivity index is 2.47. The fourth-order valence-corrected chi connectivity index (χ4v) is 1.33. The molecule has 0 aromatic carbocycles. The Bertz CT molecular complexity index is 274. The van der Waals surface area contributed by atoms with E-state index in [9.17, 15) is 4.79 Å². The van der Waals surface area contributed by atoms with Gasteiger partial charge >= 0.3 is 0 Å². The quantitative estimate of drug-likeness (QED) is 0.548. The smallest absolute Gasteiger partial charge is 0.136 e. The van der Waals surface area contributed by atoms with Gasteiger partial charge in [0.05, 0.1) is 11.1 Å². The second-order valence-corrected chi connectivity index (χ2v) is 3.49.